The second-order valence-corrected chi connectivity index (χ2v) is 10.9. The Morgan fingerprint density at radius 1 is 1.10 bits per heavy atom. The molecule has 2 aliphatic rings. The molecule has 1 saturated heterocycles. The number of nitrogens with zero attached hydrogens (tertiary/aromatic N) is 3. The number of benzene rings is 2. The first-order valence-corrected chi connectivity index (χ1v) is 13.7. The van der Waals surface area contributed by atoms with Crippen molar-refractivity contribution in [2.24, 2.45) is 0 Å². The van der Waals surface area contributed by atoms with E-state index < -0.39 is 17.8 Å². The predicted octanol–water partition coefficient (Wildman–Crippen LogP) is 7.20. The minimum Gasteiger partial charge on any atom is -0.405 e. The Morgan fingerprint density at radius 3 is 2.51 bits per heavy atom. The summed E-state index contributed by atoms with van der Waals surface area (Å²) in [5.74, 6) is -0.656. The van der Waals surface area contributed by atoms with Crippen LogP contribution in [0.15, 0.2) is 60.8 Å². The molecule has 12 heteroatoms. The van der Waals surface area contributed by atoms with Gasteiger partial charge in [-0.05, 0) is 73.5 Å². The molecule has 3 heterocycles. The van der Waals surface area contributed by atoms with Gasteiger partial charge in [-0.3, -0.25) is 9.80 Å². The number of fused-ring (bicyclic) bond motifs is 2. The lowest BCUT2D eigenvalue weighted by molar-refractivity contribution is -0.275. The maximum absolute atomic E-state index is 13.4. The number of pyridine rings is 1. The largest absolute Gasteiger partial charge is 0.573 e. The van der Waals surface area contributed by atoms with Crippen molar-refractivity contribution in [3.8, 4) is 5.75 Å². The molecular formula is C29H26Cl2F4N4O2. The van der Waals surface area contributed by atoms with Crippen LogP contribution in [0.3, 0.4) is 0 Å². The minimum absolute atomic E-state index is 0.143. The van der Waals surface area contributed by atoms with Crippen molar-refractivity contribution in [3.63, 3.8) is 0 Å². The van der Waals surface area contributed by atoms with Crippen molar-refractivity contribution in [2.45, 2.75) is 31.2 Å². The molecule has 0 atom stereocenters. The second kappa shape index (κ2) is 11.9. The van der Waals surface area contributed by atoms with E-state index >= 15 is 0 Å². The highest BCUT2D eigenvalue weighted by atomic mass is 35.5. The summed E-state index contributed by atoms with van der Waals surface area (Å²) >= 11 is 12.5. The highest BCUT2D eigenvalue weighted by molar-refractivity contribution is 6.34. The third kappa shape index (κ3) is 6.77. The summed E-state index contributed by atoms with van der Waals surface area (Å²) in [5.41, 5.74) is 1.32. The Kier molecular flexibility index (Phi) is 8.45. The first-order chi connectivity index (χ1) is 19.5. The van der Waals surface area contributed by atoms with Crippen LogP contribution in [-0.4, -0.2) is 48.5 Å². The molecule has 1 N–H and O–H groups in total. The number of likely N-dealkylation sites (tertiary alicyclic amines) is 1. The summed E-state index contributed by atoms with van der Waals surface area (Å²) in [5, 5.41) is 3.26. The van der Waals surface area contributed by atoms with Crippen LogP contribution in [0.2, 0.25) is 10.2 Å². The van der Waals surface area contributed by atoms with E-state index in [-0.39, 0.29) is 40.5 Å². The van der Waals surface area contributed by atoms with Gasteiger partial charge in [0.2, 0.25) is 0 Å². The average Bonchev–Trinajstić information content (AvgIpc) is 3.26. The molecule has 2 aromatic carbocycles. The van der Waals surface area contributed by atoms with Gasteiger partial charge in [-0.25, -0.2) is 14.2 Å². The molecule has 41 heavy (non-hydrogen) atoms. The summed E-state index contributed by atoms with van der Waals surface area (Å²) in [4.78, 5) is 20.9. The van der Waals surface area contributed by atoms with E-state index in [9.17, 15) is 22.4 Å². The van der Waals surface area contributed by atoms with Crippen molar-refractivity contribution in [1.82, 2.24) is 15.2 Å². The van der Waals surface area contributed by atoms with Gasteiger partial charge in [0.1, 0.15) is 16.7 Å². The van der Waals surface area contributed by atoms with E-state index in [4.69, 9.17) is 23.2 Å². The molecule has 2 aliphatic heterocycles. The highest BCUT2D eigenvalue weighted by Gasteiger charge is 2.50. The Bertz CT molecular complexity index is 1440. The first-order valence-electron chi connectivity index (χ1n) is 12.9. The molecule has 1 fully saturated rings. The number of alkyl halides is 3. The van der Waals surface area contributed by atoms with Crippen molar-refractivity contribution in [2.75, 3.05) is 31.1 Å². The van der Waals surface area contributed by atoms with Crippen LogP contribution in [0, 0.1) is 5.82 Å². The van der Waals surface area contributed by atoms with Crippen LogP contribution in [-0.2, 0) is 12.0 Å². The van der Waals surface area contributed by atoms with Crippen LogP contribution in [0.25, 0.3) is 6.08 Å². The summed E-state index contributed by atoms with van der Waals surface area (Å²) < 4.78 is 57.9. The number of aromatic nitrogens is 1. The summed E-state index contributed by atoms with van der Waals surface area (Å²) in [6.07, 6.45) is 1.44. The molecule has 1 aromatic heterocycles. The first kappa shape index (κ1) is 29.2. The Morgan fingerprint density at radius 2 is 1.83 bits per heavy atom. The summed E-state index contributed by atoms with van der Waals surface area (Å²) in [7, 11) is 0. The number of amides is 2. The third-order valence-corrected chi connectivity index (χ3v) is 7.93. The molecule has 5 rings (SSSR count). The van der Waals surface area contributed by atoms with E-state index in [0.29, 0.717) is 38.0 Å². The van der Waals surface area contributed by atoms with Gasteiger partial charge in [-0.2, -0.15) is 0 Å². The monoisotopic (exact) mass is 608 g/mol. The molecule has 0 radical (unpaired) electrons. The molecule has 0 bridgehead atoms. The molecule has 0 aliphatic carbocycles. The molecular weight excluding hydrogens is 583 g/mol. The Hall–Kier alpha value is -3.34. The quantitative estimate of drug-likeness (QED) is 0.237. The SMILES string of the molecule is O=C(NCc1ccnc(Cl)c1)N1CC2(CCN(C/C=C/c3ccc(F)cc3)CC2)c2c(OC(F)(F)F)ccc(Cl)c21. The van der Waals surface area contributed by atoms with Crippen molar-refractivity contribution < 1.29 is 27.1 Å². The molecule has 0 unspecified atom stereocenters. The fraction of sp³-hybridized carbons (Fsp3) is 0.310. The molecule has 0 saturated carbocycles. The van der Waals surface area contributed by atoms with Crippen molar-refractivity contribution in [3.05, 3.63) is 93.5 Å². The van der Waals surface area contributed by atoms with Gasteiger partial charge in [0.05, 0.1) is 10.7 Å². The third-order valence-electron chi connectivity index (χ3n) is 7.41. The lowest BCUT2D eigenvalue weighted by Crippen LogP contribution is -2.47. The number of carbonyl (C=O) groups excluding carboxylic acids is 1. The molecule has 1 spiro atoms. The van der Waals surface area contributed by atoms with Crippen molar-refractivity contribution in [1.29, 1.82) is 0 Å². The van der Waals surface area contributed by atoms with Crippen LogP contribution >= 0.6 is 23.2 Å². The lowest BCUT2D eigenvalue weighted by Gasteiger charge is -2.40. The number of urea groups is 1. The molecule has 6 nitrogen and oxygen atoms in total. The normalized spacial score (nSPS) is 16.8. The number of hydrogen-bond donors (Lipinski definition) is 1. The van der Waals surface area contributed by atoms with Crippen LogP contribution in [0.5, 0.6) is 5.75 Å². The summed E-state index contributed by atoms with van der Waals surface area (Å²) in [6, 6.07) is 11.5. The van der Waals surface area contributed by atoms with Gasteiger partial charge < -0.3 is 10.1 Å². The van der Waals surface area contributed by atoms with E-state index in [2.05, 4.69) is 19.9 Å². The van der Waals surface area contributed by atoms with Gasteiger partial charge in [0, 0.05) is 36.8 Å². The number of rotatable bonds is 6. The van der Waals surface area contributed by atoms with Gasteiger partial charge in [-0.15, -0.1) is 13.2 Å². The number of nitrogens with one attached hydrogen (secondary N) is 1. The molecule has 3 aromatic rings. The standard InChI is InChI=1S/C29H26Cl2F4N4O2/c30-22-7-8-23(41-29(33,34)35)25-26(22)39(27(40)37-17-20-9-12-36-24(31)16-20)18-28(25)10-14-38(15-11-28)13-1-2-19-3-5-21(32)6-4-19/h1-9,12,16H,10-11,13-15,17-18H2,(H,37,40)/b2-1+. The van der Waals surface area contributed by atoms with E-state index in [1.807, 2.05) is 12.2 Å². The summed E-state index contributed by atoms with van der Waals surface area (Å²) in [6.45, 7) is 2.07. The fourth-order valence-electron chi connectivity index (χ4n) is 5.48. The van der Waals surface area contributed by atoms with Crippen LogP contribution in [0.1, 0.15) is 29.5 Å². The smallest absolute Gasteiger partial charge is 0.405 e. The van der Waals surface area contributed by atoms with Gasteiger partial charge in [0.25, 0.3) is 0 Å². The Balaban J connectivity index is 1.36. The van der Waals surface area contributed by atoms with Gasteiger partial charge in [0.15, 0.2) is 0 Å². The zero-order valence-corrected chi connectivity index (χ0v) is 23.2. The van der Waals surface area contributed by atoms with Gasteiger partial charge in [-0.1, -0.05) is 47.5 Å². The van der Waals surface area contributed by atoms with Gasteiger partial charge >= 0.3 is 12.4 Å². The maximum Gasteiger partial charge on any atom is 0.573 e. The second-order valence-electron chi connectivity index (χ2n) is 10.1. The number of carbonyl (C=O) groups is 1. The van der Waals surface area contributed by atoms with Crippen molar-refractivity contribution >= 4 is 41.0 Å². The zero-order valence-electron chi connectivity index (χ0n) is 21.7. The fourth-order valence-corrected chi connectivity index (χ4v) is 5.93. The highest BCUT2D eigenvalue weighted by Crippen LogP contribution is 2.54. The average molecular weight is 609 g/mol. The Labute approximate surface area is 244 Å². The zero-order chi connectivity index (χ0) is 29.2. The number of piperidine rings is 1. The number of ether oxygens (including phenoxy) is 1. The van der Waals surface area contributed by atoms with E-state index in [0.717, 1.165) is 11.1 Å². The number of hydrogen-bond acceptors (Lipinski definition) is 4. The molecule has 2 amide bonds. The van der Waals surface area contributed by atoms with Crippen LogP contribution < -0.4 is 15.0 Å². The predicted molar refractivity (Wildman–Crippen MR) is 150 cm³/mol. The van der Waals surface area contributed by atoms with E-state index in [1.165, 1.54) is 35.4 Å². The van der Waals surface area contributed by atoms with Crippen LogP contribution in [0.4, 0.5) is 28.0 Å². The molecule has 216 valence electrons. The lowest BCUT2D eigenvalue weighted by atomic mass is 9.74. The topological polar surface area (TPSA) is 57.7 Å². The minimum atomic E-state index is -4.91. The number of anilines is 1. The number of halogens is 6. The maximum atomic E-state index is 13.4. The van der Waals surface area contributed by atoms with E-state index in [1.54, 1.807) is 24.3 Å².